The minimum Gasteiger partial charge on any atom is -0.508 e. The lowest BCUT2D eigenvalue weighted by atomic mass is 9.84. The van der Waals surface area contributed by atoms with Crippen LogP contribution in [0.5, 0.6) is 5.75 Å². The van der Waals surface area contributed by atoms with Gasteiger partial charge in [-0.3, -0.25) is 29.2 Å². The number of aryl methyl sites for hydroxylation is 1. The van der Waals surface area contributed by atoms with E-state index in [0.29, 0.717) is 44.6 Å². The Balaban J connectivity index is 1.41. The standard InChI is InChI=1S/C49H67N7O7/c1-10-55-42-16-15-34(26-39(42)40(27-49(6,7)29-63-32(5)57)45(55)38-14-13-18-51-43(38)31(4)62-9)36-22-33(23-37(58)25-36)24-41(48(61)56-21-12-11-19-52-56)53-46(59)44(30(2)3)54(8)47(60)35-17-20-50-28-35/h13-16,18,22-23,25-26,30-31,35,41,44,50,52,58H,10-12,17,19-21,24,27-29H2,1-9H3,(H,53,59)/t31-,35+,41-,44-/m0/s1. The molecule has 2 aromatic carbocycles. The Labute approximate surface area is 372 Å². The summed E-state index contributed by atoms with van der Waals surface area (Å²) in [6.45, 7) is 16.9. The van der Waals surface area contributed by atoms with Crippen molar-refractivity contribution >= 4 is 34.6 Å². The molecule has 340 valence electrons. The Morgan fingerprint density at radius 2 is 1.83 bits per heavy atom. The van der Waals surface area contributed by atoms with Crippen LogP contribution in [-0.2, 0) is 48.0 Å². The maximum absolute atomic E-state index is 14.3. The summed E-state index contributed by atoms with van der Waals surface area (Å²) in [5.74, 6) is -1.50. The lowest BCUT2D eigenvalue weighted by Crippen LogP contribution is -2.59. The van der Waals surface area contributed by atoms with Crippen LogP contribution in [0.25, 0.3) is 33.3 Å². The van der Waals surface area contributed by atoms with Gasteiger partial charge >= 0.3 is 5.97 Å². The van der Waals surface area contributed by atoms with E-state index in [0.717, 1.165) is 63.9 Å². The van der Waals surface area contributed by atoms with Crippen molar-refractivity contribution in [1.82, 2.24) is 35.5 Å². The van der Waals surface area contributed by atoms with E-state index in [2.05, 4.69) is 59.6 Å². The van der Waals surface area contributed by atoms with Crippen molar-refractivity contribution < 1.29 is 33.8 Å². The van der Waals surface area contributed by atoms with Gasteiger partial charge in [-0.15, -0.1) is 0 Å². The number of nitrogens with one attached hydrogen (secondary N) is 3. The fraction of sp³-hybridized carbons (Fsp3) is 0.531. The van der Waals surface area contributed by atoms with E-state index >= 15 is 0 Å². The number of esters is 1. The zero-order valence-electron chi connectivity index (χ0n) is 38.5. The number of ether oxygens (including phenoxy) is 2. The second-order valence-corrected chi connectivity index (χ2v) is 18.3. The SMILES string of the molecule is CCn1c(-c2cccnc2[C@H](C)OC)c(CC(C)(C)COC(C)=O)c2cc(-c3cc(O)cc(C[C@H](NC(=O)[C@H](C(C)C)N(C)C(=O)[C@@H]4CCNC4)C(=O)N4CCCCN4)c3)ccc21. The molecule has 0 spiro atoms. The minimum absolute atomic E-state index is 0.0230. The molecule has 4 N–H and O–H groups in total. The van der Waals surface area contributed by atoms with Crippen LogP contribution in [-0.4, -0.2) is 107 Å². The van der Waals surface area contributed by atoms with Gasteiger partial charge in [0, 0.05) is 81.8 Å². The molecule has 14 heteroatoms. The van der Waals surface area contributed by atoms with Crippen LogP contribution in [0.3, 0.4) is 0 Å². The van der Waals surface area contributed by atoms with Gasteiger partial charge in [0.2, 0.25) is 11.8 Å². The first-order chi connectivity index (χ1) is 30.0. The number of carbonyl (C=O) groups excluding carboxylic acids is 4. The Morgan fingerprint density at radius 1 is 1.05 bits per heavy atom. The average molecular weight is 866 g/mol. The van der Waals surface area contributed by atoms with E-state index in [4.69, 9.17) is 14.5 Å². The summed E-state index contributed by atoms with van der Waals surface area (Å²) >= 11 is 0. The molecule has 0 saturated carbocycles. The highest BCUT2D eigenvalue weighted by Gasteiger charge is 2.37. The second-order valence-electron chi connectivity index (χ2n) is 18.3. The third kappa shape index (κ3) is 10.9. The molecule has 0 radical (unpaired) electrons. The van der Waals surface area contributed by atoms with Gasteiger partial charge < -0.3 is 34.7 Å². The lowest BCUT2D eigenvalue weighted by Gasteiger charge is -2.35. The molecule has 2 aliphatic rings. The highest BCUT2D eigenvalue weighted by atomic mass is 16.5. The summed E-state index contributed by atoms with van der Waals surface area (Å²) in [5, 5.41) is 20.2. The third-order valence-corrected chi connectivity index (χ3v) is 12.5. The number of aromatic hydroxyl groups is 1. The van der Waals surface area contributed by atoms with E-state index < -0.39 is 23.4 Å². The molecular weight excluding hydrogens is 799 g/mol. The number of likely N-dealkylation sites (N-methyl/N-ethyl adjacent to an activating group) is 1. The number of phenolic OH excluding ortho intramolecular Hbond substituents is 1. The second kappa shape index (κ2) is 20.5. The molecule has 4 aromatic rings. The number of nitrogens with zero attached hydrogens (tertiary/aromatic N) is 4. The molecule has 4 atom stereocenters. The van der Waals surface area contributed by atoms with Gasteiger partial charge in [-0.1, -0.05) is 39.8 Å². The van der Waals surface area contributed by atoms with Crippen LogP contribution >= 0.6 is 0 Å². The number of amides is 3. The number of phenols is 1. The molecule has 0 bridgehead atoms. The van der Waals surface area contributed by atoms with Crippen LogP contribution in [0.2, 0.25) is 0 Å². The molecular formula is C49H67N7O7. The quantitative estimate of drug-likeness (QED) is 0.0901. The molecule has 0 unspecified atom stereocenters. The Kier molecular flexibility index (Phi) is 15.3. The van der Waals surface area contributed by atoms with Crippen molar-refractivity contribution in [3.05, 3.63) is 71.5 Å². The number of hydrogen-bond acceptors (Lipinski definition) is 10. The summed E-state index contributed by atoms with van der Waals surface area (Å²) in [4.78, 5) is 60.3. The van der Waals surface area contributed by atoms with E-state index in [1.807, 2.05) is 39.0 Å². The van der Waals surface area contributed by atoms with E-state index in [9.17, 15) is 24.3 Å². The summed E-state index contributed by atoms with van der Waals surface area (Å²) in [7, 11) is 3.35. The Hall–Kier alpha value is -5.31. The van der Waals surface area contributed by atoms with Crippen molar-refractivity contribution in [3.8, 4) is 28.1 Å². The molecule has 2 aromatic heterocycles. The maximum atomic E-state index is 14.3. The normalized spacial score (nSPS) is 17.1. The van der Waals surface area contributed by atoms with Gasteiger partial charge in [-0.05, 0) is 111 Å². The van der Waals surface area contributed by atoms with Crippen molar-refractivity contribution in [2.45, 2.75) is 105 Å². The van der Waals surface area contributed by atoms with Crippen LogP contribution in [0.4, 0.5) is 0 Å². The van der Waals surface area contributed by atoms with Gasteiger partial charge in [0.25, 0.3) is 5.91 Å². The smallest absolute Gasteiger partial charge is 0.302 e. The molecule has 3 amide bonds. The van der Waals surface area contributed by atoms with Gasteiger partial charge in [0.15, 0.2) is 0 Å². The van der Waals surface area contributed by atoms with E-state index in [1.54, 1.807) is 37.5 Å². The summed E-state index contributed by atoms with van der Waals surface area (Å²) < 4.78 is 13.6. The first kappa shape index (κ1) is 47.2. The van der Waals surface area contributed by atoms with Crippen molar-refractivity contribution in [1.29, 1.82) is 0 Å². The van der Waals surface area contributed by atoms with Crippen molar-refractivity contribution in [2.24, 2.45) is 17.3 Å². The molecule has 4 heterocycles. The predicted octanol–water partition coefficient (Wildman–Crippen LogP) is 6.18. The van der Waals surface area contributed by atoms with Gasteiger partial charge in [0.05, 0.1) is 30.0 Å². The Bertz CT molecular complexity index is 2270. The Morgan fingerprint density at radius 3 is 2.48 bits per heavy atom. The zero-order valence-corrected chi connectivity index (χ0v) is 38.5. The number of methoxy groups -OCH3 is 1. The summed E-state index contributed by atoms with van der Waals surface area (Å²) in [6, 6.07) is 13.8. The molecule has 63 heavy (non-hydrogen) atoms. The molecule has 14 nitrogen and oxygen atoms in total. The fourth-order valence-electron chi connectivity index (χ4n) is 9.23. The summed E-state index contributed by atoms with van der Waals surface area (Å²) in [6.07, 6.45) is 4.67. The lowest BCUT2D eigenvalue weighted by molar-refractivity contribution is -0.145. The predicted molar refractivity (Wildman–Crippen MR) is 244 cm³/mol. The van der Waals surface area contributed by atoms with Crippen LogP contribution < -0.4 is 16.1 Å². The molecule has 0 aliphatic carbocycles. The highest BCUT2D eigenvalue weighted by molar-refractivity contribution is 5.96. The monoisotopic (exact) mass is 866 g/mol. The first-order valence-electron chi connectivity index (χ1n) is 22.5. The summed E-state index contributed by atoms with van der Waals surface area (Å²) in [5.41, 5.74) is 9.88. The fourth-order valence-corrected chi connectivity index (χ4v) is 9.23. The van der Waals surface area contributed by atoms with Gasteiger partial charge in [-0.2, -0.15) is 0 Å². The average Bonchev–Trinajstić information content (AvgIpc) is 3.91. The number of hydrogen-bond donors (Lipinski definition) is 4. The van der Waals surface area contributed by atoms with E-state index in [1.165, 1.54) is 11.8 Å². The molecule has 6 rings (SSSR count). The van der Waals surface area contributed by atoms with Gasteiger partial charge in [-0.25, -0.2) is 5.43 Å². The van der Waals surface area contributed by atoms with Crippen LogP contribution in [0, 0.1) is 17.3 Å². The molecule has 2 saturated heterocycles. The molecule has 2 aliphatic heterocycles. The number of rotatable bonds is 17. The first-order valence-corrected chi connectivity index (χ1v) is 22.5. The van der Waals surface area contributed by atoms with Crippen LogP contribution in [0.15, 0.2) is 54.7 Å². The highest BCUT2D eigenvalue weighted by Crippen LogP contribution is 2.42. The maximum Gasteiger partial charge on any atom is 0.302 e. The number of hydrazine groups is 1. The van der Waals surface area contributed by atoms with Crippen molar-refractivity contribution in [3.63, 3.8) is 0 Å². The van der Waals surface area contributed by atoms with Crippen molar-refractivity contribution in [2.75, 3.05) is 46.9 Å². The third-order valence-electron chi connectivity index (χ3n) is 12.5. The van der Waals surface area contributed by atoms with E-state index in [-0.39, 0.29) is 54.5 Å². The number of aromatic nitrogens is 2. The van der Waals surface area contributed by atoms with Gasteiger partial charge in [0.1, 0.15) is 17.8 Å². The van der Waals surface area contributed by atoms with Crippen LogP contribution in [0.1, 0.15) is 90.7 Å². The number of carbonyl (C=O) groups is 4. The largest absolute Gasteiger partial charge is 0.508 e. The number of benzene rings is 2. The minimum atomic E-state index is -0.978. The topological polar surface area (TPSA) is 167 Å². The zero-order chi connectivity index (χ0) is 45.6. The number of pyridine rings is 1. The number of fused-ring (bicyclic) bond motifs is 1. The molecule has 2 fully saturated rings.